The lowest BCUT2D eigenvalue weighted by Crippen LogP contribution is -2.36. The number of benzene rings is 1. The molecular weight excluding hydrogens is 366 g/mol. The smallest absolute Gasteiger partial charge is 0.250 e. The highest BCUT2D eigenvalue weighted by atomic mass is 16.5. The Morgan fingerprint density at radius 2 is 1.83 bits per heavy atom. The number of rotatable bonds is 7. The van der Waals surface area contributed by atoms with E-state index in [2.05, 4.69) is 46.8 Å². The number of hydrogen-bond donors (Lipinski definition) is 2. The minimum atomic E-state index is 0.000360. The Hall–Kier alpha value is -3.35. The van der Waals surface area contributed by atoms with Crippen molar-refractivity contribution < 1.29 is 4.52 Å². The summed E-state index contributed by atoms with van der Waals surface area (Å²) in [7, 11) is 1.73. The zero-order valence-electron chi connectivity index (χ0n) is 17.1. The van der Waals surface area contributed by atoms with E-state index in [1.807, 2.05) is 24.3 Å². The Morgan fingerprint density at radius 3 is 2.48 bits per heavy atom. The van der Waals surface area contributed by atoms with Crippen LogP contribution < -0.4 is 16.2 Å². The summed E-state index contributed by atoms with van der Waals surface area (Å²) in [5.74, 6) is 1.80. The molecule has 0 aliphatic carbocycles. The second-order valence-electron chi connectivity index (χ2n) is 7.14. The molecule has 1 aromatic carbocycles. The summed E-state index contributed by atoms with van der Waals surface area (Å²) in [4.78, 5) is 16.1. The molecule has 0 saturated heterocycles. The SMILES string of the molecule is CN=C(NCc1ccc(Cn2ccccc2=O)cc1)NCc1cc(C(C)C)no1. The predicted octanol–water partition coefficient (Wildman–Crippen LogP) is 2.87. The molecule has 0 aliphatic rings. The summed E-state index contributed by atoms with van der Waals surface area (Å²) < 4.78 is 7.02. The van der Waals surface area contributed by atoms with Crippen LogP contribution >= 0.6 is 0 Å². The molecule has 7 nitrogen and oxygen atoms in total. The molecule has 0 saturated carbocycles. The molecule has 0 amide bonds. The van der Waals surface area contributed by atoms with Crippen LogP contribution in [0.25, 0.3) is 0 Å². The number of guanidine groups is 1. The minimum Gasteiger partial charge on any atom is -0.359 e. The topological polar surface area (TPSA) is 84.5 Å². The lowest BCUT2D eigenvalue weighted by atomic mass is 10.1. The van der Waals surface area contributed by atoms with E-state index in [-0.39, 0.29) is 5.56 Å². The normalized spacial score (nSPS) is 11.7. The highest BCUT2D eigenvalue weighted by Gasteiger charge is 2.08. The average molecular weight is 393 g/mol. The highest BCUT2D eigenvalue weighted by Crippen LogP contribution is 2.13. The van der Waals surface area contributed by atoms with E-state index in [1.54, 1.807) is 29.9 Å². The maximum Gasteiger partial charge on any atom is 0.250 e. The Labute approximate surface area is 170 Å². The van der Waals surface area contributed by atoms with Gasteiger partial charge in [-0.1, -0.05) is 49.3 Å². The third kappa shape index (κ3) is 5.81. The van der Waals surface area contributed by atoms with Gasteiger partial charge in [0.05, 0.1) is 18.8 Å². The van der Waals surface area contributed by atoms with Crippen molar-refractivity contribution in [3.05, 3.63) is 87.7 Å². The van der Waals surface area contributed by atoms with Gasteiger partial charge in [-0.05, 0) is 23.1 Å². The van der Waals surface area contributed by atoms with E-state index in [0.29, 0.717) is 31.5 Å². The van der Waals surface area contributed by atoms with Crippen LogP contribution in [0.5, 0.6) is 0 Å². The van der Waals surface area contributed by atoms with Crippen LogP contribution in [0.1, 0.15) is 42.3 Å². The third-order valence-electron chi connectivity index (χ3n) is 4.56. The fourth-order valence-electron chi connectivity index (χ4n) is 2.81. The van der Waals surface area contributed by atoms with Gasteiger partial charge in [0.25, 0.3) is 5.56 Å². The number of nitrogens with one attached hydrogen (secondary N) is 2. The largest absolute Gasteiger partial charge is 0.359 e. The summed E-state index contributed by atoms with van der Waals surface area (Å²) >= 11 is 0. The van der Waals surface area contributed by atoms with Gasteiger partial charge in [0.2, 0.25) is 0 Å². The van der Waals surface area contributed by atoms with Gasteiger partial charge in [-0.15, -0.1) is 0 Å². The molecule has 0 atom stereocenters. The molecule has 29 heavy (non-hydrogen) atoms. The van der Waals surface area contributed by atoms with Gasteiger partial charge >= 0.3 is 0 Å². The van der Waals surface area contributed by atoms with Gasteiger partial charge < -0.3 is 19.7 Å². The van der Waals surface area contributed by atoms with Crippen molar-refractivity contribution in [1.29, 1.82) is 0 Å². The Balaban J connectivity index is 1.50. The standard InChI is InChI=1S/C22H27N5O2/c1-16(2)20-12-19(29-26-20)14-25-22(23-3)24-13-17-7-9-18(10-8-17)15-27-11-5-4-6-21(27)28/h4-12,16H,13-15H2,1-3H3,(H2,23,24,25). The first kappa shape index (κ1) is 20.4. The molecule has 0 fully saturated rings. The summed E-state index contributed by atoms with van der Waals surface area (Å²) in [6.45, 7) is 5.88. The zero-order chi connectivity index (χ0) is 20.6. The third-order valence-corrected chi connectivity index (χ3v) is 4.56. The predicted molar refractivity (Wildman–Crippen MR) is 114 cm³/mol. The van der Waals surface area contributed by atoms with E-state index in [4.69, 9.17) is 4.52 Å². The second-order valence-corrected chi connectivity index (χ2v) is 7.14. The molecule has 152 valence electrons. The molecule has 0 aliphatic heterocycles. The van der Waals surface area contributed by atoms with Crippen LogP contribution in [0.15, 0.2) is 69.0 Å². The van der Waals surface area contributed by atoms with E-state index >= 15 is 0 Å². The zero-order valence-corrected chi connectivity index (χ0v) is 17.1. The van der Waals surface area contributed by atoms with Gasteiger partial charge in [-0.25, -0.2) is 0 Å². The lowest BCUT2D eigenvalue weighted by molar-refractivity contribution is 0.372. The van der Waals surface area contributed by atoms with Gasteiger partial charge in [-0.3, -0.25) is 9.79 Å². The Morgan fingerprint density at radius 1 is 1.10 bits per heavy atom. The Bertz CT molecular complexity index is 1000. The summed E-state index contributed by atoms with van der Waals surface area (Å²) in [6, 6.07) is 15.3. The van der Waals surface area contributed by atoms with Crippen LogP contribution in [0.4, 0.5) is 0 Å². The van der Waals surface area contributed by atoms with Crippen LogP contribution in [-0.4, -0.2) is 22.7 Å². The first-order chi connectivity index (χ1) is 14.0. The van der Waals surface area contributed by atoms with Crippen molar-refractivity contribution in [3.63, 3.8) is 0 Å². The molecule has 3 rings (SSSR count). The number of nitrogens with zero attached hydrogens (tertiary/aromatic N) is 3. The van der Waals surface area contributed by atoms with Gasteiger partial charge in [0.15, 0.2) is 11.7 Å². The summed E-state index contributed by atoms with van der Waals surface area (Å²) in [5.41, 5.74) is 3.15. The van der Waals surface area contributed by atoms with Crippen LogP contribution in [0, 0.1) is 0 Å². The van der Waals surface area contributed by atoms with E-state index in [1.165, 1.54) is 0 Å². The fourth-order valence-corrected chi connectivity index (χ4v) is 2.81. The first-order valence-corrected chi connectivity index (χ1v) is 9.68. The average Bonchev–Trinajstić information content (AvgIpc) is 3.20. The Kier molecular flexibility index (Phi) is 6.84. The van der Waals surface area contributed by atoms with Crippen molar-refractivity contribution in [3.8, 4) is 0 Å². The quantitative estimate of drug-likeness (QED) is 0.476. The van der Waals surface area contributed by atoms with Gasteiger partial charge in [0, 0.05) is 31.9 Å². The van der Waals surface area contributed by atoms with Crippen LogP contribution in [-0.2, 0) is 19.6 Å². The molecule has 0 spiro atoms. The maximum absolute atomic E-state index is 11.8. The number of hydrogen-bond acceptors (Lipinski definition) is 4. The summed E-state index contributed by atoms with van der Waals surface area (Å²) in [5, 5.41) is 10.6. The highest BCUT2D eigenvalue weighted by molar-refractivity contribution is 5.79. The molecule has 3 aromatic rings. The van der Waals surface area contributed by atoms with Crippen molar-refractivity contribution in [1.82, 2.24) is 20.4 Å². The van der Waals surface area contributed by atoms with Crippen molar-refractivity contribution >= 4 is 5.96 Å². The molecule has 0 unspecified atom stereocenters. The number of aliphatic imine (C=N–C) groups is 1. The molecule has 2 aromatic heterocycles. The molecule has 7 heteroatoms. The molecule has 0 radical (unpaired) electrons. The van der Waals surface area contributed by atoms with E-state index in [0.717, 1.165) is 22.6 Å². The van der Waals surface area contributed by atoms with Gasteiger partial charge in [0.1, 0.15) is 0 Å². The van der Waals surface area contributed by atoms with Crippen LogP contribution in [0.2, 0.25) is 0 Å². The van der Waals surface area contributed by atoms with E-state index in [9.17, 15) is 4.79 Å². The lowest BCUT2D eigenvalue weighted by Gasteiger charge is -2.11. The number of pyridine rings is 1. The van der Waals surface area contributed by atoms with Gasteiger partial charge in [-0.2, -0.15) is 0 Å². The molecular formula is C22H27N5O2. The van der Waals surface area contributed by atoms with Crippen molar-refractivity contribution in [2.24, 2.45) is 4.99 Å². The van der Waals surface area contributed by atoms with Crippen molar-refractivity contribution in [2.75, 3.05) is 7.05 Å². The maximum atomic E-state index is 11.8. The molecule has 0 bridgehead atoms. The second kappa shape index (κ2) is 9.73. The first-order valence-electron chi connectivity index (χ1n) is 9.68. The fraction of sp³-hybridized carbons (Fsp3) is 0.318. The van der Waals surface area contributed by atoms with E-state index < -0.39 is 0 Å². The minimum absolute atomic E-state index is 0.000360. The van der Waals surface area contributed by atoms with Crippen LogP contribution in [0.3, 0.4) is 0 Å². The number of aromatic nitrogens is 2. The van der Waals surface area contributed by atoms with Crippen molar-refractivity contribution in [2.45, 2.75) is 39.4 Å². The molecule has 2 N–H and O–H groups in total. The monoisotopic (exact) mass is 393 g/mol. The molecule has 2 heterocycles. The summed E-state index contributed by atoms with van der Waals surface area (Å²) in [6.07, 6.45) is 1.80.